The lowest BCUT2D eigenvalue weighted by Crippen LogP contribution is -2.62. The van der Waals surface area contributed by atoms with Gasteiger partial charge in [-0.15, -0.1) is 0 Å². The maximum atomic E-state index is 12.0. The van der Waals surface area contributed by atoms with Crippen molar-refractivity contribution in [2.45, 2.75) is 51.7 Å². The molecule has 1 aromatic heterocycles. The Morgan fingerprint density at radius 1 is 1.68 bits per heavy atom. The summed E-state index contributed by atoms with van der Waals surface area (Å²) in [5.41, 5.74) is 5.82. The van der Waals surface area contributed by atoms with E-state index in [2.05, 4.69) is 10.4 Å². The van der Waals surface area contributed by atoms with Gasteiger partial charge in [-0.1, -0.05) is 11.6 Å². The fourth-order valence-electron chi connectivity index (χ4n) is 2.55. The van der Waals surface area contributed by atoms with E-state index in [1.54, 1.807) is 10.9 Å². The number of rotatable bonds is 6. The van der Waals surface area contributed by atoms with Crippen LogP contribution in [-0.2, 0) is 11.3 Å². The highest BCUT2D eigenvalue weighted by atomic mass is 35.5. The van der Waals surface area contributed by atoms with E-state index in [4.69, 9.17) is 17.3 Å². The Bertz CT molecular complexity index is 481. The van der Waals surface area contributed by atoms with Crippen LogP contribution in [0.3, 0.4) is 0 Å². The van der Waals surface area contributed by atoms with Crippen molar-refractivity contribution in [1.29, 1.82) is 0 Å². The minimum atomic E-state index is -0.728. The predicted molar refractivity (Wildman–Crippen MR) is 74.9 cm³/mol. The first-order chi connectivity index (χ1) is 8.86. The number of nitrogens with two attached hydrogens (primary N) is 1. The van der Waals surface area contributed by atoms with Crippen LogP contribution in [0.15, 0.2) is 6.20 Å². The second-order valence-electron chi connectivity index (χ2n) is 5.64. The Labute approximate surface area is 118 Å². The zero-order valence-corrected chi connectivity index (χ0v) is 12.4. The van der Waals surface area contributed by atoms with Crippen LogP contribution in [0.2, 0.25) is 5.02 Å². The van der Waals surface area contributed by atoms with Crippen LogP contribution in [0.4, 0.5) is 0 Å². The number of nitrogens with zero attached hydrogens (tertiary/aromatic N) is 2. The van der Waals surface area contributed by atoms with E-state index in [0.29, 0.717) is 11.6 Å². The molecular formula is C13H21ClN4O. The molecule has 1 amide bonds. The van der Waals surface area contributed by atoms with Gasteiger partial charge in [-0.05, 0) is 39.5 Å². The summed E-state index contributed by atoms with van der Waals surface area (Å²) in [7, 11) is 0. The van der Waals surface area contributed by atoms with Gasteiger partial charge < -0.3 is 5.73 Å². The van der Waals surface area contributed by atoms with Crippen LogP contribution in [0, 0.1) is 12.8 Å². The minimum absolute atomic E-state index is 0.180. The Hall–Kier alpha value is -1.07. The molecule has 106 valence electrons. The summed E-state index contributed by atoms with van der Waals surface area (Å²) in [6, 6.07) is 0.180. The van der Waals surface area contributed by atoms with Crippen LogP contribution >= 0.6 is 11.6 Å². The van der Waals surface area contributed by atoms with E-state index in [9.17, 15) is 4.79 Å². The van der Waals surface area contributed by atoms with Gasteiger partial charge in [0.25, 0.3) is 0 Å². The SMILES string of the molecule is Cc1c(Cl)cnn1CC(NC(C)C)(C(N)=O)C1CC1. The van der Waals surface area contributed by atoms with Crippen molar-refractivity contribution in [2.75, 3.05) is 0 Å². The molecule has 1 aromatic rings. The van der Waals surface area contributed by atoms with Crippen LogP contribution < -0.4 is 11.1 Å². The molecule has 1 aliphatic carbocycles. The van der Waals surface area contributed by atoms with Gasteiger partial charge in [0.1, 0.15) is 5.54 Å². The number of hydrogen-bond donors (Lipinski definition) is 2. The molecule has 1 saturated carbocycles. The first-order valence-corrected chi connectivity index (χ1v) is 7.00. The van der Waals surface area contributed by atoms with Crippen LogP contribution in [0.25, 0.3) is 0 Å². The highest BCUT2D eigenvalue weighted by Crippen LogP contribution is 2.41. The summed E-state index contributed by atoms with van der Waals surface area (Å²) in [5, 5.41) is 8.21. The molecule has 2 rings (SSSR count). The predicted octanol–water partition coefficient (Wildman–Crippen LogP) is 1.48. The summed E-state index contributed by atoms with van der Waals surface area (Å²) in [5.74, 6) is -0.0236. The Kier molecular flexibility index (Phi) is 3.87. The molecule has 1 aliphatic rings. The van der Waals surface area contributed by atoms with Gasteiger partial charge in [0.05, 0.1) is 23.5 Å². The van der Waals surface area contributed by atoms with E-state index < -0.39 is 5.54 Å². The standard InChI is InChI=1S/C13H21ClN4O/c1-8(2)17-13(12(15)19,10-4-5-10)7-18-9(3)11(14)6-16-18/h6,8,10,17H,4-5,7H2,1-3H3,(H2,15,19). The summed E-state index contributed by atoms with van der Waals surface area (Å²) in [6.07, 6.45) is 3.65. The number of nitrogens with one attached hydrogen (secondary N) is 1. The monoisotopic (exact) mass is 284 g/mol. The number of aromatic nitrogens is 2. The summed E-state index contributed by atoms with van der Waals surface area (Å²) >= 11 is 6.02. The van der Waals surface area contributed by atoms with Gasteiger partial charge in [0.15, 0.2) is 0 Å². The normalized spacial score (nSPS) is 18.6. The Morgan fingerprint density at radius 3 is 2.68 bits per heavy atom. The molecule has 0 spiro atoms. The molecule has 1 unspecified atom stereocenters. The quantitative estimate of drug-likeness (QED) is 0.831. The van der Waals surface area contributed by atoms with Crippen molar-refractivity contribution in [3.05, 3.63) is 16.9 Å². The van der Waals surface area contributed by atoms with Gasteiger partial charge in [-0.2, -0.15) is 5.10 Å². The second kappa shape index (κ2) is 5.13. The fourth-order valence-corrected chi connectivity index (χ4v) is 2.69. The molecule has 0 bridgehead atoms. The average Bonchev–Trinajstić information content (AvgIpc) is 3.11. The van der Waals surface area contributed by atoms with Gasteiger partial charge >= 0.3 is 0 Å². The van der Waals surface area contributed by atoms with Gasteiger partial charge in [0, 0.05) is 6.04 Å². The van der Waals surface area contributed by atoms with E-state index in [-0.39, 0.29) is 17.9 Å². The van der Waals surface area contributed by atoms with Crippen LogP contribution in [-0.4, -0.2) is 27.3 Å². The zero-order valence-electron chi connectivity index (χ0n) is 11.6. The third-order valence-electron chi connectivity index (χ3n) is 3.70. The smallest absolute Gasteiger partial charge is 0.239 e. The molecule has 0 aromatic carbocycles. The fraction of sp³-hybridized carbons (Fsp3) is 0.692. The van der Waals surface area contributed by atoms with Crippen LogP contribution in [0.1, 0.15) is 32.4 Å². The molecule has 5 nitrogen and oxygen atoms in total. The average molecular weight is 285 g/mol. The number of hydrogen-bond acceptors (Lipinski definition) is 3. The first kappa shape index (κ1) is 14.3. The van der Waals surface area contributed by atoms with Gasteiger partial charge in [-0.25, -0.2) is 0 Å². The van der Waals surface area contributed by atoms with Crippen molar-refractivity contribution in [3.63, 3.8) is 0 Å². The number of carbonyl (C=O) groups excluding carboxylic acids is 1. The van der Waals surface area contributed by atoms with E-state index >= 15 is 0 Å². The topological polar surface area (TPSA) is 72.9 Å². The Morgan fingerprint density at radius 2 is 2.32 bits per heavy atom. The zero-order chi connectivity index (χ0) is 14.2. The lowest BCUT2D eigenvalue weighted by Gasteiger charge is -2.34. The number of carbonyl (C=O) groups is 1. The van der Waals surface area contributed by atoms with E-state index in [0.717, 1.165) is 18.5 Å². The lowest BCUT2D eigenvalue weighted by atomic mass is 9.91. The first-order valence-electron chi connectivity index (χ1n) is 6.62. The maximum Gasteiger partial charge on any atom is 0.239 e. The van der Waals surface area contributed by atoms with Crippen LogP contribution in [0.5, 0.6) is 0 Å². The van der Waals surface area contributed by atoms with Crippen molar-refractivity contribution in [3.8, 4) is 0 Å². The van der Waals surface area contributed by atoms with E-state index in [1.165, 1.54) is 0 Å². The molecule has 0 saturated heterocycles. The van der Waals surface area contributed by atoms with Crippen molar-refractivity contribution < 1.29 is 4.79 Å². The van der Waals surface area contributed by atoms with Gasteiger partial charge in [-0.3, -0.25) is 14.8 Å². The summed E-state index contributed by atoms with van der Waals surface area (Å²) in [4.78, 5) is 12.0. The molecule has 3 N–H and O–H groups in total. The number of primary amides is 1. The number of halogens is 1. The largest absolute Gasteiger partial charge is 0.368 e. The molecule has 0 aliphatic heterocycles. The number of amides is 1. The second-order valence-corrected chi connectivity index (χ2v) is 6.05. The highest BCUT2D eigenvalue weighted by Gasteiger charge is 2.50. The minimum Gasteiger partial charge on any atom is -0.368 e. The molecule has 1 fully saturated rings. The van der Waals surface area contributed by atoms with Crippen molar-refractivity contribution in [2.24, 2.45) is 11.7 Å². The molecule has 1 atom stereocenters. The molecule has 0 radical (unpaired) electrons. The molecule has 6 heteroatoms. The molecular weight excluding hydrogens is 264 g/mol. The van der Waals surface area contributed by atoms with Gasteiger partial charge in [0.2, 0.25) is 5.91 Å². The lowest BCUT2D eigenvalue weighted by molar-refractivity contribution is -0.126. The summed E-state index contributed by atoms with van der Waals surface area (Å²) in [6.45, 7) is 6.36. The highest BCUT2D eigenvalue weighted by molar-refractivity contribution is 6.31. The maximum absolute atomic E-state index is 12.0. The third-order valence-corrected chi connectivity index (χ3v) is 4.07. The molecule has 19 heavy (non-hydrogen) atoms. The van der Waals surface area contributed by atoms with Crippen molar-refractivity contribution >= 4 is 17.5 Å². The summed E-state index contributed by atoms with van der Waals surface area (Å²) < 4.78 is 1.76. The Balaban J connectivity index is 2.31. The van der Waals surface area contributed by atoms with E-state index in [1.807, 2.05) is 20.8 Å². The molecule has 1 heterocycles. The third kappa shape index (κ3) is 2.77. The van der Waals surface area contributed by atoms with Crippen molar-refractivity contribution in [1.82, 2.24) is 15.1 Å².